The Labute approximate surface area is 271 Å². The fourth-order valence-electron chi connectivity index (χ4n) is 5.05. The summed E-state index contributed by atoms with van der Waals surface area (Å²) in [6, 6.07) is 33.5. The average Bonchev–Trinajstić information content (AvgIpc) is 3.03. The zero-order valence-corrected chi connectivity index (χ0v) is 26.1. The highest BCUT2D eigenvalue weighted by Gasteiger charge is 2.08. The van der Waals surface area contributed by atoms with E-state index in [-0.39, 0.29) is 36.5 Å². The lowest BCUT2D eigenvalue weighted by atomic mass is 10.1. The maximum absolute atomic E-state index is 12.4. The number of nitrogens with one attached hydrogen (secondary N) is 4. The van der Waals surface area contributed by atoms with Crippen LogP contribution < -0.4 is 21.3 Å². The van der Waals surface area contributed by atoms with Crippen molar-refractivity contribution in [1.29, 1.82) is 0 Å². The van der Waals surface area contributed by atoms with Gasteiger partial charge in [-0.3, -0.25) is 19.2 Å². The normalized spacial score (nSPS) is 10.5. The molecule has 0 heterocycles. The number of anilines is 4. The molecule has 0 bridgehead atoms. The van der Waals surface area contributed by atoms with Crippen LogP contribution in [0.2, 0.25) is 0 Å². The van der Waals surface area contributed by atoms with Gasteiger partial charge in [-0.05, 0) is 60.4 Å². The Kier molecular flexibility index (Phi) is 13.6. The fourth-order valence-corrected chi connectivity index (χ4v) is 5.05. The number of unbranched alkanes of at least 4 members (excludes halogenated alkanes) is 5. The van der Waals surface area contributed by atoms with Crippen LogP contribution in [0.3, 0.4) is 0 Å². The molecule has 0 atom stereocenters. The third-order valence-corrected chi connectivity index (χ3v) is 7.33. The van der Waals surface area contributed by atoms with Crippen LogP contribution in [0, 0.1) is 0 Å². The number of rotatable bonds is 17. The molecular formula is C38H42N4O4. The first kappa shape index (κ1) is 33.6. The Morgan fingerprint density at radius 3 is 1.07 bits per heavy atom. The third kappa shape index (κ3) is 12.8. The molecule has 4 aromatic rings. The molecule has 0 unspecified atom stereocenters. The largest absolute Gasteiger partial charge is 0.326 e. The van der Waals surface area contributed by atoms with Crippen molar-refractivity contribution in [2.75, 3.05) is 21.3 Å². The lowest BCUT2D eigenvalue weighted by molar-refractivity contribution is -0.117. The van der Waals surface area contributed by atoms with Gasteiger partial charge in [-0.2, -0.15) is 0 Å². The second-order valence-corrected chi connectivity index (χ2v) is 11.3. The molecule has 0 aliphatic carbocycles. The van der Waals surface area contributed by atoms with Gasteiger partial charge in [0.15, 0.2) is 0 Å². The van der Waals surface area contributed by atoms with Crippen LogP contribution >= 0.6 is 0 Å². The molecule has 4 amide bonds. The molecule has 46 heavy (non-hydrogen) atoms. The van der Waals surface area contributed by atoms with Crippen LogP contribution in [0.4, 0.5) is 22.7 Å². The zero-order chi connectivity index (χ0) is 32.4. The molecule has 4 N–H and O–H groups in total. The van der Waals surface area contributed by atoms with E-state index >= 15 is 0 Å². The van der Waals surface area contributed by atoms with Crippen LogP contribution in [0.15, 0.2) is 109 Å². The number of carbonyl (C=O) groups excluding carboxylic acids is 4. The van der Waals surface area contributed by atoms with E-state index in [2.05, 4.69) is 21.3 Å². The number of benzene rings is 4. The predicted octanol–water partition coefficient (Wildman–Crippen LogP) is 7.75. The summed E-state index contributed by atoms with van der Waals surface area (Å²) in [5, 5.41) is 11.6. The van der Waals surface area contributed by atoms with Crippen molar-refractivity contribution in [2.24, 2.45) is 0 Å². The molecule has 0 saturated carbocycles. The summed E-state index contributed by atoms with van der Waals surface area (Å²) in [5.74, 6) is -0.322. The Balaban J connectivity index is 1.04. The quantitative estimate of drug-likeness (QED) is 0.0906. The lowest BCUT2D eigenvalue weighted by Crippen LogP contribution is -2.15. The van der Waals surface area contributed by atoms with Gasteiger partial charge in [0.2, 0.25) is 23.6 Å². The predicted molar refractivity (Wildman–Crippen MR) is 185 cm³/mol. The van der Waals surface area contributed by atoms with Crippen LogP contribution in [0.1, 0.15) is 62.5 Å². The van der Waals surface area contributed by atoms with Gasteiger partial charge in [-0.15, -0.1) is 0 Å². The third-order valence-electron chi connectivity index (χ3n) is 7.33. The minimum absolute atomic E-state index is 0.0516. The van der Waals surface area contributed by atoms with Crippen molar-refractivity contribution in [3.05, 3.63) is 120 Å². The highest BCUT2D eigenvalue weighted by Crippen LogP contribution is 2.18. The van der Waals surface area contributed by atoms with Crippen LogP contribution in [0.5, 0.6) is 0 Å². The molecule has 0 aliphatic rings. The van der Waals surface area contributed by atoms with Gasteiger partial charge in [0.25, 0.3) is 0 Å². The van der Waals surface area contributed by atoms with Crippen molar-refractivity contribution in [1.82, 2.24) is 0 Å². The first-order valence-electron chi connectivity index (χ1n) is 15.9. The SMILES string of the molecule is O=C(CCCCCCCCC(=O)Nc1cccc(NC(=O)Cc2ccccc2)c1)Nc1cccc(NC(=O)Cc2ccccc2)c1. The number of hydrogen-bond donors (Lipinski definition) is 4. The van der Waals surface area contributed by atoms with Gasteiger partial charge in [-0.25, -0.2) is 0 Å². The molecule has 0 aromatic heterocycles. The Bertz CT molecular complexity index is 1460. The highest BCUT2D eigenvalue weighted by atomic mass is 16.2. The van der Waals surface area contributed by atoms with Crippen molar-refractivity contribution in [3.8, 4) is 0 Å². The molecule has 0 radical (unpaired) electrons. The van der Waals surface area contributed by atoms with Crippen molar-refractivity contribution < 1.29 is 19.2 Å². The first-order valence-corrected chi connectivity index (χ1v) is 15.9. The smallest absolute Gasteiger partial charge is 0.228 e. The van der Waals surface area contributed by atoms with Crippen molar-refractivity contribution >= 4 is 46.4 Å². The summed E-state index contributed by atoms with van der Waals surface area (Å²) >= 11 is 0. The monoisotopic (exact) mass is 618 g/mol. The minimum Gasteiger partial charge on any atom is -0.326 e. The molecule has 4 rings (SSSR count). The van der Waals surface area contributed by atoms with E-state index in [0.29, 0.717) is 35.6 Å². The number of carbonyl (C=O) groups is 4. The maximum atomic E-state index is 12.4. The van der Waals surface area contributed by atoms with Gasteiger partial charge in [-0.1, -0.05) is 98.5 Å². The summed E-state index contributed by atoms with van der Waals surface area (Å²) in [6.45, 7) is 0. The van der Waals surface area contributed by atoms with Crippen molar-refractivity contribution in [3.63, 3.8) is 0 Å². The zero-order valence-electron chi connectivity index (χ0n) is 26.1. The standard InChI is InChI=1S/C38H42N4O4/c43-35(39-31-19-13-21-33(27-31)41-37(45)25-29-15-7-5-8-16-29)23-11-3-1-2-4-12-24-36(44)40-32-20-14-22-34(28-32)42-38(46)26-30-17-9-6-10-18-30/h5-10,13-22,27-28H,1-4,11-12,23-26H2,(H,39,43)(H,40,44)(H,41,45)(H,42,46). The van der Waals surface area contributed by atoms with Crippen LogP contribution in [-0.4, -0.2) is 23.6 Å². The molecule has 0 aliphatic heterocycles. The molecule has 8 nitrogen and oxygen atoms in total. The molecule has 8 heteroatoms. The summed E-state index contributed by atoms with van der Waals surface area (Å²) in [7, 11) is 0. The van der Waals surface area contributed by atoms with Crippen LogP contribution in [0.25, 0.3) is 0 Å². The van der Waals surface area contributed by atoms with E-state index in [9.17, 15) is 19.2 Å². The van der Waals surface area contributed by atoms with E-state index in [1.165, 1.54) is 0 Å². The Hall–Kier alpha value is -5.24. The number of amides is 4. The summed E-state index contributed by atoms with van der Waals surface area (Å²) in [5.41, 5.74) is 4.47. The van der Waals surface area contributed by atoms with E-state index < -0.39 is 0 Å². The Morgan fingerprint density at radius 1 is 0.370 bits per heavy atom. The van der Waals surface area contributed by atoms with E-state index in [1.54, 1.807) is 36.4 Å². The number of hydrogen-bond acceptors (Lipinski definition) is 4. The highest BCUT2D eigenvalue weighted by molar-refractivity contribution is 5.96. The van der Waals surface area contributed by atoms with Crippen LogP contribution in [-0.2, 0) is 32.0 Å². The van der Waals surface area contributed by atoms with E-state index in [0.717, 1.165) is 49.7 Å². The van der Waals surface area contributed by atoms with Gasteiger partial charge in [0.05, 0.1) is 12.8 Å². The Morgan fingerprint density at radius 2 is 0.696 bits per heavy atom. The first-order chi connectivity index (χ1) is 22.4. The minimum atomic E-state index is -0.109. The van der Waals surface area contributed by atoms with Gasteiger partial charge in [0.1, 0.15) is 0 Å². The van der Waals surface area contributed by atoms with Crippen molar-refractivity contribution in [2.45, 2.75) is 64.2 Å². The molecule has 4 aromatic carbocycles. The summed E-state index contributed by atoms with van der Waals surface area (Å²) in [4.78, 5) is 49.6. The molecule has 0 spiro atoms. The van der Waals surface area contributed by atoms with Gasteiger partial charge < -0.3 is 21.3 Å². The second kappa shape index (κ2) is 18.5. The van der Waals surface area contributed by atoms with Gasteiger partial charge in [0, 0.05) is 35.6 Å². The van der Waals surface area contributed by atoms with Gasteiger partial charge >= 0.3 is 0 Å². The fraction of sp³-hybridized carbons (Fsp3) is 0.263. The topological polar surface area (TPSA) is 116 Å². The molecule has 238 valence electrons. The summed E-state index contributed by atoms with van der Waals surface area (Å²) < 4.78 is 0. The summed E-state index contributed by atoms with van der Waals surface area (Å²) in [6.07, 6.45) is 6.91. The van der Waals surface area contributed by atoms with E-state index in [4.69, 9.17) is 0 Å². The molecule has 0 fully saturated rings. The average molecular weight is 619 g/mol. The second-order valence-electron chi connectivity index (χ2n) is 11.3. The maximum Gasteiger partial charge on any atom is 0.228 e. The lowest BCUT2D eigenvalue weighted by Gasteiger charge is -2.09. The molecule has 0 saturated heterocycles. The molecular weight excluding hydrogens is 576 g/mol. The van der Waals surface area contributed by atoms with E-state index in [1.807, 2.05) is 72.8 Å².